The molecule has 0 aliphatic heterocycles. The second-order valence-electron chi connectivity index (χ2n) is 7.17. The molecule has 0 saturated heterocycles. The normalized spacial score (nSPS) is 41.6. The van der Waals surface area contributed by atoms with Crippen molar-refractivity contribution in [3.63, 3.8) is 0 Å². The lowest BCUT2D eigenvalue weighted by Crippen LogP contribution is -2.56. The quantitative estimate of drug-likeness (QED) is 0.535. The summed E-state index contributed by atoms with van der Waals surface area (Å²) in [7, 11) is 0. The van der Waals surface area contributed by atoms with Gasteiger partial charge in [-0.1, -0.05) is 36.4 Å². The minimum absolute atomic E-state index is 0.0209. The Labute approximate surface area is 114 Å². The predicted octanol–water partition coefficient (Wildman–Crippen LogP) is 4.43. The number of fused-ring (bicyclic) bond motifs is 2. The smallest absolute Gasteiger partial charge is 0.0859 e. The third-order valence-electron chi connectivity index (χ3n) is 4.89. The Hall–Kier alpha value is 0.690. The number of rotatable bonds is 2. The topological polar surface area (TPSA) is 9.23 Å². The van der Waals surface area contributed by atoms with Crippen LogP contribution in [0.2, 0.25) is 0 Å². The summed E-state index contributed by atoms with van der Waals surface area (Å²) in [5, 5.41) is 0. The van der Waals surface area contributed by atoms with Crippen LogP contribution in [0.25, 0.3) is 0 Å². The van der Waals surface area contributed by atoms with E-state index in [0.29, 0.717) is 5.41 Å². The SMILES string of the molecule is CC(C)(C)OC1(CI)C2CCC(C2)C1(C)C. The monoisotopic (exact) mass is 336 g/mol. The van der Waals surface area contributed by atoms with Gasteiger partial charge in [0.25, 0.3) is 0 Å². The van der Waals surface area contributed by atoms with Crippen molar-refractivity contribution < 1.29 is 4.74 Å². The molecule has 3 atom stereocenters. The molecule has 0 radical (unpaired) electrons. The first-order valence-electron chi connectivity index (χ1n) is 6.49. The summed E-state index contributed by atoms with van der Waals surface area (Å²) in [6, 6.07) is 0. The molecule has 2 aliphatic rings. The number of alkyl halides is 1. The van der Waals surface area contributed by atoms with E-state index in [-0.39, 0.29) is 11.2 Å². The molecule has 2 rings (SSSR count). The summed E-state index contributed by atoms with van der Waals surface area (Å²) < 4.78 is 7.71. The minimum Gasteiger partial charge on any atom is -0.368 e. The van der Waals surface area contributed by atoms with Gasteiger partial charge in [0.1, 0.15) is 0 Å². The van der Waals surface area contributed by atoms with Crippen molar-refractivity contribution in [2.75, 3.05) is 4.43 Å². The van der Waals surface area contributed by atoms with E-state index in [1.807, 2.05) is 0 Å². The number of hydrogen-bond donors (Lipinski definition) is 0. The average Bonchev–Trinajstić information content (AvgIpc) is 2.66. The van der Waals surface area contributed by atoms with Crippen molar-refractivity contribution in [1.29, 1.82) is 0 Å². The van der Waals surface area contributed by atoms with Gasteiger partial charge in [-0.05, 0) is 57.3 Å². The van der Waals surface area contributed by atoms with Gasteiger partial charge in [0.05, 0.1) is 11.2 Å². The molecule has 0 amide bonds. The summed E-state index contributed by atoms with van der Waals surface area (Å²) in [6.45, 7) is 11.5. The van der Waals surface area contributed by atoms with Crippen molar-refractivity contribution in [3.05, 3.63) is 0 Å². The van der Waals surface area contributed by atoms with E-state index in [1.54, 1.807) is 0 Å². The number of halogens is 1. The van der Waals surface area contributed by atoms with Gasteiger partial charge < -0.3 is 4.74 Å². The molecular formula is C14H25IO. The summed E-state index contributed by atoms with van der Waals surface area (Å²) in [4.78, 5) is 0. The van der Waals surface area contributed by atoms with Gasteiger partial charge >= 0.3 is 0 Å². The van der Waals surface area contributed by atoms with Gasteiger partial charge in [-0.15, -0.1) is 0 Å². The van der Waals surface area contributed by atoms with Crippen molar-refractivity contribution in [2.45, 2.75) is 65.1 Å². The van der Waals surface area contributed by atoms with E-state index in [0.717, 1.165) is 16.3 Å². The van der Waals surface area contributed by atoms with E-state index >= 15 is 0 Å². The van der Waals surface area contributed by atoms with Crippen LogP contribution in [0, 0.1) is 17.3 Å². The lowest BCUT2D eigenvalue weighted by atomic mass is 9.66. The lowest BCUT2D eigenvalue weighted by Gasteiger charge is -2.51. The Morgan fingerprint density at radius 3 is 2.12 bits per heavy atom. The molecule has 0 spiro atoms. The minimum atomic E-state index is -0.0209. The van der Waals surface area contributed by atoms with Crippen molar-refractivity contribution >= 4 is 22.6 Å². The molecule has 2 heteroatoms. The predicted molar refractivity (Wildman–Crippen MR) is 77.1 cm³/mol. The Kier molecular flexibility index (Phi) is 3.15. The highest BCUT2D eigenvalue weighted by Crippen LogP contribution is 2.64. The van der Waals surface area contributed by atoms with Crippen LogP contribution in [0.3, 0.4) is 0 Å². The van der Waals surface area contributed by atoms with Crippen LogP contribution in [0.15, 0.2) is 0 Å². The molecule has 0 aromatic carbocycles. The Bertz CT molecular complexity index is 279. The summed E-state index contributed by atoms with van der Waals surface area (Å²) >= 11 is 2.54. The first-order chi connectivity index (χ1) is 7.23. The van der Waals surface area contributed by atoms with Gasteiger partial charge in [-0.3, -0.25) is 0 Å². The van der Waals surface area contributed by atoms with E-state index in [2.05, 4.69) is 57.2 Å². The first-order valence-corrected chi connectivity index (χ1v) is 8.01. The Morgan fingerprint density at radius 2 is 1.75 bits per heavy atom. The van der Waals surface area contributed by atoms with Gasteiger partial charge in [-0.2, -0.15) is 0 Å². The second kappa shape index (κ2) is 3.84. The fourth-order valence-corrected chi connectivity index (χ4v) is 5.76. The molecule has 2 aliphatic carbocycles. The van der Waals surface area contributed by atoms with E-state index in [9.17, 15) is 0 Å². The zero-order chi connectivity index (χ0) is 12.2. The van der Waals surface area contributed by atoms with E-state index < -0.39 is 0 Å². The van der Waals surface area contributed by atoms with Crippen molar-refractivity contribution in [3.8, 4) is 0 Å². The molecule has 1 nitrogen and oxygen atoms in total. The third kappa shape index (κ3) is 1.75. The molecule has 16 heavy (non-hydrogen) atoms. The molecule has 2 saturated carbocycles. The lowest BCUT2D eigenvalue weighted by molar-refractivity contribution is -0.195. The Morgan fingerprint density at radius 1 is 1.19 bits per heavy atom. The average molecular weight is 336 g/mol. The maximum absolute atomic E-state index is 6.58. The van der Waals surface area contributed by atoms with Crippen molar-refractivity contribution in [2.24, 2.45) is 17.3 Å². The summed E-state index contributed by atoms with van der Waals surface area (Å²) in [6.07, 6.45) is 4.20. The van der Waals surface area contributed by atoms with Crippen molar-refractivity contribution in [1.82, 2.24) is 0 Å². The van der Waals surface area contributed by atoms with Crippen LogP contribution in [-0.2, 0) is 4.74 Å². The first kappa shape index (κ1) is 13.1. The van der Waals surface area contributed by atoms with Crippen LogP contribution in [-0.4, -0.2) is 15.6 Å². The highest BCUT2D eigenvalue weighted by atomic mass is 127. The van der Waals surface area contributed by atoms with Crippen LogP contribution in [0.1, 0.15) is 53.9 Å². The molecular weight excluding hydrogens is 311 g/mol. The van der Waals surface area contributed by atoms with Crippen LogP contribution < -0.4 is 0 Å². The maximum Gasteiger partial charge on any atom is 0.0859 e. The van der Waals surface area contributed by atoms with Crippen LogP contribution in [0.5, 0.6) is 0 Å². The highest BCUT2D eigenvalue weighted by Gasteiger charge is 2.64. The zero-order valence-electron chi connectivity index (χ0n) is 11.3. The Balaban J connectivity index is 2.33. The third-order valence-corrected chi connectivity index (χ3v) is 6.02. The number of ether oxygens (including phenoxy) is 1. The number of hydrogen-bond acceptors (Lipinski definition) is 1. The largest absolute Gasteiger partial charge is 0.368 e. The summed E-state index contributed by atoms with van der Waals surface area (Å²) in [5.74, 6) is 1.68. The summed E-state index contributed by atoms with van der Waals surface area (Å²) in [5.41, 5.74) is 0.450. The molecule has 0 heterocycles. The molecule has 2 bridgehead atoms. The molecule has 2 fully saturated rings. The second-order valence-corrected chi connectivity index (χ2v) is 7.93. The molecule has 94 valence electrons. The van der Waals surface area contributed by atoms with Crippen LogP contribution in [0.4, 0.5) is 0 Å². The van der Waals surface area contributed by atoms with Gasteiger partial charge in [0, 0.05) is 4.43 Å². The van der Waals surface area contributed by atoms with E-state index in [1.165, 1.54) is 19.3 Å². The van der Waals surface area contributed by atoms with Gasteiger partial charge in [0.15, 0.2) is 0 Å². The molecule has 0 aromatic heterocycles. The molecule has 0 N–H and O–H groups in total. The standard InChI is InChI=1S/C14H25IO/c1-12(2,3)16-14(9-15)11-7-6-10(8-11)13(14,4)5/h10-11H,6-9H2,1-5H3. The van der Waals surface area contributed by atoms with Gasteiger partial charge in [0.2, 0.25) is 0 Å². The zero-order valence-corrected chi connectivity index (χ0v) is 13.4. The van der Waals surface area contributed by atoms with Crippen LogP contribution >= 0.6 is 22.6 Å². The molecule has 3 unspecified atom stereocenters. The maximum atomic E-state index is 6.58. The van der Waals surface area contributed by atoms with E-state index in [4.69, 9.17) is 4.74 Å². The highest BCUT2D eigenvalue weighted by molar-refractivity contribution is 14.1. The van der Waals surface area contributed by atoms with Gasteiger partial charge in [-0.25, -0.2) is 0 Å². The fourth-order valence-electron chi connectivity index (χ4n) is 4.00. The molecule has 0 aromatic rings. The fraction of sp³-hybridized carbons (Fsp3) is 1.00.